The Morgan fingerprint density at radius 1 is 0.880 bits per heavy atom. The highest BCUT2D eigenvalue weighted by Gasteiger charge is 2.40. The maximum absolute atomic E-state index is 12.2. The molecule has 7 nitrogen and oxygen atoms in total. The summed E-state index contributed by atoms with van der Waals surface area (Å²) in [7, 11) is 0. The summed E-state index contributed by atoms with van der Waals surface area (Å²) in [5, 5.41) is 5.93. The fourth-order valence-electron chi connectivity index (χ4n) is 2.78. The minimum Gasteiger partial charge on any atom is -0.376 e. The van der Waals surface area contributed by atoms with Crippen molar-refractivity contribution >= 4 is 11.8 Å². The number of rotatable bonds is 9. The number of carbonyl (C=O) groups is 2. The fourth-order valence-corrected chi connectivity index (χ4v) is 2.78. The van der Waals surface area contributed by atoms with Gasteiger partial charge in [-0.15, -0.1) is 0 Å². The zero-order chi connectivity index (χ0) is 17.5. The summed E-state index contributed by atoms with van der Waals surface area (Å²) in [4.78, 5) is 24.2. The Morgan fingerprint density at radius 3 is 1.88 bits per heavy atom. The van der Waals surface area contributed by atoms with E-state index in [-0.39, 0.29) is 11.8 Å². The van der Waals surface area contributed by atoms with E-state index in [1.165, 1.54) is 0 Å². The standard InChI is InChI=1S/C18H24N4O3/c23-16(5-11-21-7-1-2-8-21)19-13-18(14-25-15-18)20-17(24)6-12-22-9-3-4-10-22/h1-4,7-10H,5-6,11-15H2,(H,19,23)(H,20,24). The monoisotopic (exact) mass is 344 g/mol. The van der Waals surface area contributed by atoms with E-state index < -0.39 is 5.54 Å². The summed E-state index contributed by atoms with van der Waals surface area (Å²) in [5.74, 6) is -0.0554. The van der Waals surface area contributed by atoms with E-state index in [4.69, 9.17) is 4.74 Å². The van der Waals surface area contributed by atoms with Crippen molar-refractivity contribution in [1.29, 1.82) is 0 Å². The Bertz CT molecular complexity index is 675. The van der Waals surface area contributed by atoms with Crippen LogP contribution in [0.4, 0.5) is 0 Å². The molecule has 2 amide bonds. The highest BCUT2D eigenvalue weighted by molar-refractivity contribution is 5.78. The van der Waals surface area contributed by atoms with E-state index in [0.29, 0.717) is 45.7 Å². The summed E-state index contributed by atoms with van der Waals surface area (Å²) in [6.45, 7) is 2.54. The lowest BCUT2D eigenvalue weighted by Gasteiger charge is -2.42. The van der Waals surface area contributed by atoms with Gasteiger partial charge in [0.05, 0.1) is 13.2 Å². The molecule has 134 valence electrons. The maximum atomic E-state index is 12.2. The largest absolute Gasteiger partial charge is 0.376 e. The van der Waals surface area contributed by atoms with Crippen LogP contribution in [0.3, 0.4) is 0 Å². The van der Waals surface area contributed by atoms with Crippen LogP contribution in [-0.2, 0) is 27.4 Å². The first-order valence-corrected chi connectivity index (χ1v) is 8.52. The molecule has 0 saturated carbocycles. The van der Waals surface area contributed by atoms with Gasteiger partial charge >= 0.3 is 0 Å². The van der Waals surface area contributed by atoms with Crippen LogP contribution in [0.2, 0.25) is 0 Å². The van der Waals surface area contributed by atoms with Crippen LogP contribution >= 0.6 is 0 Å². The second-order valence-corrected chi connectivity index (χ2v) is 6.44. The molecule has 0 radical (unpaired) electrons. The normalized spacial score (nSPS) is 15.4. The van der Waals surface area contributed by atoms with Gasteiger partial charge in [0.25, 0.3) is 0 Å². The minimum atomic E-state index is -0.475. The van der Waals surface area contributed by atoms with E-state index in [1.807, 2.05) is 58.2 Å². The summed E-state index contributed by atoms with van der Waals surface area (Å²) in [6, 6.07) is 7.73. The van der Waals surface area contributed by atoms with E-state index in [2.05, 4.69) is 10.6 Å². The molecule has 1 aliphatic rings. The number of aromatic nitrogens is 2. The number of hydrogen-bond acceptors (Lipinski definition) is 3. The van der Waals surface area contributed by atoms with Gasteiger partial charge in [0, 0.05) is 57.3 Å². The van der Waals surface area contributed by atoms with Crippen molar-refractivity contribution < 1.29 is 14.3 Å². The lowest BCUT2D eigenvalue weighted by Crippen LogP contribution is -2.67. The fraction of sp³-hybridized carbons (Fsp3) is 0.444. The van der Waals surface area contributed by atoms with Gasteiger partial charge in [-0.05, 0) is 24.3 Å². The maximum Gasteiger partial charge on any atom is 0.222 e. The quantitative estimate of drug-likeness (QED) is 0.705. The molecule has 0 aromatic carbocycles. The third-order valence-corrected chi connectivity index (χ3v) is 4.31. The molecule has 0 unspecified atom stereocenters. The van der Waals surface area contributed by atoms with Crippen LogP contribution in [0.15, 0.2) is 49.1 Å². The molecule has 3 heterocycles. The van der Waals surface area contributed by atoms with Gasteiger partial charge in [0.2, 0.25) is 11.8 Å². The van der Waals surface area contributed by atoms with Gasteiger partial charge in [-0.2, -0.15) is 0 Å². The van der Waals surface area contributed by atoms with Crippen LogP contribution in [0.25, 0.3) is 0 Å². The number of nitrogens with one attached hydrogen (secondary N) is 2. The van der Waals surface area contributed by atoms with Crippen molar-refractivity contribution in [1.82, 2.24) is 19.8 Å². The molecule has 0 bridgehead atoms. The number of nitrogens with zero attached hydrogens (tertiary/aromatic N) is 2. The van der Waals surface area contributed by atoms with Crippen molar-refractivity contribution in [3.05, 3.63) is 49.1 Å². The van der Waals surface area contributed by atoms with Crippen molar-refractivity contribution in [2.24, 2.45) is 0 Å². The molecule has 2 N–H and O–H groups in total. The average molecular weight is 344 g/mol. The first-order chi connectivity index (χ1) is 12.2. The van der Waals surface area contributed by atoms with Gasteiger partial charge in [0.1, 0.15) is 5.54 Å². The Morgan fingerprint density at radius 2 is 1.40 bits per heavy atom. The molecule has 0 spiro atoms. The van der Waals surface area contributed by atoms with E-state index in [1.54, 1.807) is 0 Å². The molecule has 25 heavy (non-hydrogen) atoms. The Balaban J connectivity index is 1.39. The Kier molecular flexibility index (Phi) is 5.55. The van der Waals surface area contributed by atoms with Gasteiger partial charge in [-0.3, -0.25) is 9.59 Å². The molecule has 1 fully saturated rings. The summed E-state index contributed by atoms with van der Waals surface area (Å²) >= 11 is 0. The molecule has 0 atom stereocenters. The van der Waals surface area contributed by atoms with Crippen LogP contribution in [-0.4, -0.2) is 46.2 Å². The van der Waals surface area contributed by atoms with Crippen LogP contribution in [0.1, 0.15) is 12.8 Å². The average Bonchev–Trinajstić information content (AvgIpc) is 3.26. The molecule has 2 aromatic rings. The number of amides is 2. The molecular weight excluding hydrogens is 320 g/mol. The molecule has 7 heteroatoms. The molecule has 2 aromatic heterocycles. The Labute approximate surface area is 147 Å². The van der Waals surface area contributed by atoms with Crippen LogP contribution in [0.5, 0.6) is 0 Å². The zero-order valence-electron chi connectivity index (χ0n) is 14.2. The van der Waals surface area contributed by atoms with Gasteiger partial charge in [-0.25, -0.2) is 0 Å². The summed E-state index contributed by atoms with van der Waals surface area (Å²) in [6.07, 6.45) is 8.53. The summed E-state index contributed by atoms with van der Waals surface area (Å²) in [5.41, 5.74) is -0.475. The zero-order valence-corrected chi connectivity index (χ0v) is 14.2. The summed E-state index contributed by atoms with van der Waals surface area (Å²) < 4.78 is 9.19. The van der Waals surface area contributed by atoms with Crippen molar-refractivity contribution in [2.75, 3.05) is 19.8 Å². The molecule has 1 aliphatic heterocycles. The molecular formula is C18H24N4O3. The molecule has 3 rings (SSSR count). The topological polar surface area (TPSA) is 77.3 Å². The van der Waals surface area contributed by atoms with Gasteiger partial charge in [0.15, 0.2) is 0 Å². The third-order valence-electron chi connectivity index (χ3n) is 4.31. The molecule has 1 saturated heterocycles. The second-order valence-electron chi connectivity index (χ2n) is 6.44. The Hall–Kier alpha value is -2.54. The SMILES string of the molecule is O=C(CCn1cccc1)NCC1(NC(=O)CCn2cccc2)COC1. The third kappa shape index (κ3) is 4.96. The number of aryl methyl sites for hydroxylation is 2. The predicted molar refractivity (Wildman–Crippen MR) is 92.8 cm³/mol. The van der Waals surface area contributed by atoms with Gasteiger partial charge in [-0.1, -0.05) is 0 Å². The first-order valence-electron chi connectivity index (χ1n) is 8.52. The smallest absolute Gasteiger partial charge is 0.222 e. The van der Waals surface area contributed by atoms with E-state index in [0.717, 1.165) is 0 Å². The highest BCUT2D eigenvalue weighted by atomic mass is 16.5. The van der Waals surface area contributed by atoms with Gasteiger partial charge < -0.3 is 24.5 Å². The number of ether oxygens (including phenoxy) is 1. The number of carbonyl (C=O) groups excluding carboxylic acids is 2. The van der Waals surface area contributed by atoms with Crippen molar-refractivity contribution in [3.63, 3.8) is 0 Å². The first kappa shape index (κ1) is 17.3. The van der Waals surface area contributed by atoms with Crippen molar-refractivity contribution in [2.45, 2.75) is 31.5 Å². The lowest BCUT2D eigenvalue weighted by molar-refractivity contribution is -0.135. The van der Waals surface area contributed by atoms with Crippen molar-refractivity contribution in [3.8, 4) is 0 Å². The predicted octanol–water partition coefficient (Wildman–Crippen LogP) is 0.771. The van der Waals surface area contributed by atoms with E-state index >= 15 is 0 Å². The van der Waals surface area contributed by atoms with Crippen LogP contribution < -0.4 is 10.6 Å². The highest BCUT2D eigenvalue weighted by Crippen LogP contribution is 2.16. The minimum absolute atomic E-state index is 0.0263. The lowest BCUT2D eigenvalue weighted by atomic mass is 9.97. The van der Waals surface area contributed by atoms with Crippen LogP contribution in [0, 0.1) is 0 Å². The second kappa shape index (κ2) is 8.02. The molecule has 0 aliphatic carbocycles. The van der Waals surface area contributed by atoms with E-state index in [9.17, 15) is 9.59 Å². The number of hydrogen-bond donors (Lipinski definition) is 2.